The molecule has 4 heteroatoms. The number of benzene rings is 2. The topological polar surface area (TPSA) is 55.4 Å². The summed E-state index contributed by atoms with van der Waals surface area (Å²) in [4.78, 5) is 23.6. The third-order valence-corrected chi connectivity index (χ3v) is 3.95. The number of esters is 1. The van der Waals surface area contributed by atoms with Crippen LogP contribution >= 0.6 is 0 Å². The van der Waals surface area contributed by atoms with Crippen LogP contribution in [0.15, 0.2) is 60.7 Å². The first-order chi connectivity index (χ1) is 12.5. The average molecular weight is 351 g/mol. The van der Waals surface area contributed by atoms with Crippen LogP contribution in [-0.2, 0) is 20.7 Å². The van der Waals surface area contributed by atoms with Gasteiger partial charge in [0.1, 0.15) is 0 Å². The lowest BCUT2D eigenvalue weighted by molar-refractivity contribution is -0.144. The van der Waals surface area contributed by atoms with Crippen LogP contribution in [0.25, 0.3) is 6.08 Å². The fraction of sp³-hybridized carbons (Fsp3) is 0.273. The van der Waals surface area contributed by atoms with Gasteiger partial charge in [-0.2, -0.15) is 0 Å². The molecule has 0 aliphatic rings. The Balaban J connectivity index is 1.67. The minimum absolute atomic E-state index is 0.0181. The summed E-state index contributed by atoms with van der Waals surface area (Å²) in [6.07, 6.45) is 4.72. The lowest BCUT2D eigenvalue weighted by Gasteiger charge is -2.13. The molecule has 1 atom stereocenters. The van der Waals surface area contributed by atoms with Crippen LogP contribution in [0.1, 0.15) is 30.0 Å². The normalized spacial score (nSPS) is 11.9. The summed E-state index contributed by atoms with van der Waals surface area (Å²) < 4.78 is 4.98. The quantitative estimate of drug-likeness (QED) is 0.583. The van der Waals surface area contributed by atoms with Crippen LogP contribution < -0.4 is 5.32 Å². The van der Waals surface area contributed by atoms with Crippen molar-refractivity contribution in [2.45, 2.75) is 32.7 Å². The summed E-state index contributed by atoms with van der Waals surface area (Å²) in [5.74, 6) is -0.819. The van der Waals surface area contributed by atoms with Gasteiger partial charge in [-0.1, -0.05) is 60.2 Å². The van der Waals surface area contributed by atoms with Crippen LogP contribution in [0.4, 0.5) is 0 Å². The molecular formula is C22H25NO3. The van der Waals surface area contributed by atoms with Gasteiger partial charge in [0.2, 0.25) is 0 Å². The van der Waals surface area contributed by atoms with Gasteiger partial charge in [-0.25, -0.2) is 4.79 Å². The number of hydrogen-bond donors (Lipinski definition) is 1. The molecule has 4 nitrogen and oxygen atoms in total. The maximum Gasteiger partial charge on any atom is 0.331 e. The summed E-state index contributed by atoms with van der Waals surface area (Å²) in [5.41, 5.74) is 3.30. The van der Waals surface area contributed by atoms with E-state index in [2.05, 4.69) is 17.4 Å². The Bertz CT molecular complexity index is 736. The third kappa shape index (κ3) is 7.34. The average Bonchev–Trinajstić information content (AvgIpc) is 2.65. The predicted molar refractivity (Wildman–Crippen MR) is 104 cm³/mol. The van der Waals surface area contributed by atoms with E-state index in [1.807, 2.05) is 56.3 Å². The van der Waals surface area contributed by atoms with E-state index >= 15 is 0 Å². The largest absolute Gasteiger partial charge is 0.452 e. The number of rotatable bonds is 8. The number of amides is 1. The summed E-state index contributed by atoms with van der Waals surface area (Å²) in [5, 5.41) is 2.85. The molecule has 0 bridgehead atoms. The van der Waals surface area contributed by atoms with Gasteiger partial charge in [0.05, 0.1) is 0 Å². The summed E-state index contributed by atoms with van der Waals surface area (Å²) in [6.45, 7) is 3.67. The van der Waals surface area contributed by atoms with Crippen molar-refractivity contribution in [3.63, 3.8) is 0 Å². The van der Waals surface area contributed by atoms with Crippen molar-refractivity contribution in [2.24, 2.45) is 0 Å². The van der Waals surface area contributed by atoms with E-state index in [0.717, 1.165) is 24.0 Å². The maximum atomic E-state index is 11.9. The van der Waals surface area contributed by atoms with Crippen molar-refractivity contribution in [2.75, 3.05) is 6.61 Å². The van der Waals surface area contributed by atoms with Crippen molar-refractivity contribution in [1.82, 2.24) is 5.32 Å². The van der Waals surface area contributed by atoms with E-state index < -0.39 is 5.97 Å². The summed E-state index contributed by atoms with van der Waals surface area (Å²) >= 11 is 0. The van der Waals surface area contributed by atoms with Crippen LogP contribution in [0.3, 0.4) is 0 Å². The Labute approximate surface area is 154 Å². The second kappa shape index (κ2) is 10.2. The second-order valence-electron chi connectivity index (χ2n) is 6.34. The Kier molecular flexibility index (Phi) is 7.62. The zero-order valence-corrected chi connectivity index (χ0v) is 15.3. The number of carbonyl (C=O) groups is 2. The van der Waals surface area contributed by atoms with Crippen molar-refractivity contribution < 1.29 is 14.3 Å². The van der Waals surface area contributed by atoms with Gasteiger partial charge in [0.15, 0.2) is 6.61 Å². The first-order valence-corrected chi connectivity index (χ1v) is 8.78. The minimum atomic E-state index is -0.530. The highest BCUT2D eigenvalue weighted by atomic mass is 16.5. The van der Waals surface area contributed by atoms with Gasteiger partial charge in [-0.05, 0) is 43.9 Å². The first-order valence-electron chi connectivity index (χ1n) is 8.78. The van der Waals surface area contributed by atoms with E-state index in [1.165, 1.54) is 11.6 Å². The molecular weight excluding hydrogens is 326 g/mol. The molecule has 1 unspecified atom stereocenters. The summed E-state index contributed by atoms with van der Waals surface area (Å²) in [6, 6.07) is 17.9. The molecule has 1 N–H and O–H groups in total. The molecule has 0 aliphatic heterocycles. The van der Waals surface area contributed by atoms with Gasteiger partial charge in [-0.15, -0.1) is 0 Å². The van der Waals surface area contributed by atoms with Gasteiger partial charge in [0, 0.05) is 12.1 Å². The van der Waals surface area contributed by atoms with Crippen LogP contribution in [-0.4, -0.2) is 24.5 Å². The molecule has 0 heterocycles. The number of hydrogen-bond acceptors (Lipinski definition) is 3. The molecule has 136 valence electrons. The molecule has 2 aromatic carbocycles. The maximum absolute atomic E-state index is 11.9. The molecule has 0 aliphatic carbocycles. The molecule has 2 rings (SSSR count). The zero-order chi connectivity index (χ0) is 18.8. The molecule has 0 spiro atoms. The Morgan fingerprint density at radius 2 is 1.77 bits per heavy atom. The standard InChI is InChI=1S/C22H25NO3/c1-17-8-11-20(12-9-17)14-15-22(25)26-16-21(24)23-18(2)10-13-19-6-4-3-5-7-19/h3-9,11-12,14-15,18H,10,13,16H2,1-2H3,(H,23,24)/b15-14+. The Morgan fingerprint density at radius 1 is 1.08 bits per heavy atom. The van der Waals surface area contributed by atoms with Crippen LogP contribution in [0, 0.1) is 6.92 Å². The second-order valence-corrected chi connectivity index (χ2v) is 6.34. The van der Waals surface area contributed by atoms with Crippen molar-refractivity contribution in [1.29, 1.82) is 0 Å². The van der Waals surface area contributed by atoms with Crippen LogP contribution in [0.5, 0.6) is 0 Å². The predicted octanol–water partition coefficient (Wildman–Crippen LogP) is 3.69. The molecule has 0 fully saturated rings. The fourth-order valence-electron chi connectivity index (χ4n) is 2.44. The van der Waals surface area contributed by atoms with E-state index in [9.17, 15) is 9.59 Å². The number of aryl methyl sites for hydroxylation is 2. The molecule has 0 radical (unpaired) electrons. The molecule has 26 heavy (non-hydrogen) atoms. The Morgan fingerprint density at radius 3 is 2.46 bits per heavy atom. The minimum Gasteiger partial charge on any atom is -0.452 e. The molecule has 0 saturated heterocycles. The van der Waals surface area contributed by atoms with E-state index in [1.54, 1.807) is 6.08 Å². The fourth-order valence-corrected chi connectivity index (χ4v) is 2.44. The number of carbonyl (C=O) groups excluding carboxylic acids is 2. The highest BCUT2D eigenvalue weighted by molar-refractivity contribution is 5.89. The smallest absolute Gasteiger partial charge is 0.331 e. The van der Waals surface area contributed by atoms with Gasteiger partial charge < -0.3 is 10.1 Å². The molecule has 0 aromatic heterocycles. The lowest BCUT2D eigenvalue weighted by atomic mass is 10.1. The highest BCUT2D eigenvalue weighted by Crippen LogP contribution is 2.06. The zero-order valence-electron chi connectivity index (χ0n) is 15.3. The van der Waals surface area contributed by atoms with Gasteiger partial charge >= 0.3 is 5.97 Å². The van der Waals surface area contributed by atoms with Gasteiger partial charge in [-0.3, -0.25) is 4.79 Å². The molecule has 0 saturated carbocycles. The summed E-state index contributed by atoms with van der Waals surface area (Å²) in [7, 11) is 0. The third-order valence-electron chi connectivity index (χ3n) is 3.95. The highest BCUT2D eigenvalue weighted by Gasteiger charge is 2.09. The monoisotopic (exact) mass is 351 g/mol. The lowest BCUT2D eigenvalue weighted by Crippen LogP contribution is -2.36. The van der Waals surface area contributed by atoms with Gasteiger partial charge in [0.25, 0.3) is 5.91 Å². The molecule has 2 aromatic rings. The first kappa shape index (κ1) is 19.4. The Hall–Kier alpha value is -2.88. The number of ether oxygens (including phenoxy) is 1. The van der Waals surface area contributed by atoms with E-state index in [4.69, 9.17) is 4.74 Å². The van der Waals surface area contributed by atoms with Crippen molar-refractivity contribution in [3.05, 3.63) is 77.4 Å². The van der Waals surface area contributed by atoms with Crippen LogP contribution in [0.2, 0.25) is 0 Å². The van der Waals surface area contributed by atoms with Crippen molar-refractivity contribution in [3.8, 4) is 0 Å². The molecule has 1 amide bonds. The SMILES string of the molecule is Cc1ccc(/C=C/C(=O)OCC(=O)NC(C)CCc2ccccc2)cc1. The van der Waals surface area contributed by atoms with Crippen molar-refractivity contribution >= 4 is 18.0 Å². The number of nitrogens with one attached hydrogen (secondary N) is 1. The van der Waals surface area contributed by atoms with E-state index in [0.29, 0.717) is 0 Å². The van der Waals surface area contributed by atoms with E-state index in [-0.39, 0.29) is 18.6 Å².